The van der Waals surface area contributed by atoms with E-state index in [1.807, 2.05) is 46.0 Å². The van der Waals surface area contributed by atoms with Crippen LogP contribution < -0.4 is 20.1 Å². The van der Waals surface area contributed by atoms with Crippen LogP contribution in [-0.4, -0.2) is 33.4 Å². The van der Waals surface area contributed by atoms with Crippen LogP contribution in [0.4, 0.5) is 5.69 Å². The van der Waals surface area contributed by atoms with Gasteiger partial charge in [-0.2, -0.15) is 5.10 Å². The molecule has 0 spiro atoms. The average Bonchev–Trinajstić information content (AvgIpc) is 3.45. The van der Waals surface area contributed by atoms with Gasteiger partial charge in [-0.25, -0.2) is 4.98 Å². The number of amides is 2. The summed E-state index contributed by atoms with van der Waals surface area (Å²) in [6.45, 7) is 6.40. The number of ether oxygens (including phenoxy) is 2. The van der Waals surface area contributed by atoms with Gasteiger partial charge in [-0.15, -0.1) is 0 Å². The number of carbonyl (C=O) groups is 2. The molecule has 2 aromatic carbocycles. The molecule has 9 nitrogen and oxygen atoms in total. The van der Waals surface area contributed by atoms with Crippen molar-refractivity contribution in [2.75, 3.05) is 12.1 Å². The molecule has 0 unspecified atom stereocenters. The molecule has 0 atom stereocenters. The van der Waals surface area contributed by atoms with Crippen molar-refractivity contribution in [3.8, 4) is 11.5 Å². The number of fused-ring (bicyclic) bond motifs is 2. The van der Waals surface area contributed by atoms with E-state index in [1.165, 1.54) is 0 Å². The van der Waals surface area contributed by atoms with Gasteiger partial charge in [0.25, 0.3) is 11.8 Å². The lowest BCUT2D eigenvalue weighted by Gasteiger charge is -2.14. The molecule has 4 aromatic rings. The lowest BCUT2D eigenvalue weighted by atomic mass is 10.0. The van der Waals surface area contributed by atoms with Crippen molar-refractivity contribution < 1.29 is 19.1 Å². The predicted molar refractivity (Wildman–Crippen MR) is 135 cm³/mol. The molecule has 0 bridgehead atoms. The Morgan fingerprint density at radius 2 is 1.81 bits per heavy atom. The van der Waals surface area contributed by atoms with Crippen molar-refractivity contribution in [2.45, 2.75) is 33.2 Å². The molecule has 0 radical (unpaired) electrons. The van der Waals surface area contributed by atoms with E-state index >= 15 is 0 Å². The van der Waals surface area contributed by atoms with E-state index in [2.05, 4.69) is 15.7 Å². The van der Waals surface area contributed by atoms with Gasteiger partial charge in [-0.05, 0) is 48.7 Å². The first kappa shape index (κ1) is 23.3. The molecule has 0 aliphatic carbocycles. The maximum Gasteiger partial charge on any atom is 0.256 e. The highest BCUT2D eigenvalue weighted by molar-refractivity contribution is 6.14. The van der Waals surface area contributed by atoms with Crippen LogP contribution in [0, 0.1) is 6.92 Å². The predicted octanol–water partition coefficient (Wildman–Crippen LogP) is 4.31. The summed E-state index contributed by atoms with van der Waals surface area (Å²) >= 11 is 0. The van der Waals surface area contributed by atoms with Crippen LogP contribution in [0.25, 0.3) is 11.0 Å². The van der Waals surface area contributed by atoms with Gasteiger partial charge in [0.15, 0.2) is 17.1 Å². The number of carbonyl (C=O) groups excluding carboxylic acids is 2. The van der Waals surface area contributed by atoms with Crippen LogP contribution in [-0.2, 0) is 13.6 Å². The minimum absolute atomic E-state index is 0.130. The van der Waals surface area contributed by atoms with Gasteiger partial charge < -0.3 is 20.1 Å². The van der Waals surface area contributed by atoms with Gasteiger partial charge in [0, 0.05) is 19.3 Å². The molecular weight excluding hydrogens is 458 g/mol. The Morgan fingerprint density at radius 3 is 2.61 bits per heavy atom. The molecule has 1 aliphatic heterocycles. The van der Waals surface area contributed by atoms with E-state index < -0.39 is 0 Å². The molecule has 5 rings (SSSR count). The highest BCUT2D eigenvalue weighted by atomic mass is 16.7. The lowest BCUT2D eigenvalue weighted by molar-refractivity contribution is 0.0951. The second kappa shape index (κ2) is 9.33. The van der Waals surface area contributed by atoms with Crippen LogP contribution in [0.5, 0.6) is 11.5 Å². The fourth-order valence-corrected chi connectivity index (χ4v) is 4.25. The molecule has 0 fully saturated rings. The Bertz CT molecular complexity index is 1490. The topological polar surface area (TPSA) is 107 Å². The molecule has 0 saturated heterocycles. The van der Waals surface area contributed by atoms with Crippen molar-refractivity contribution in [3.63, 3.8) is 0 Å². The van der Waals surface area contributed by atoms with Crippen molar-refractivity contribution in [2.24, 2.45) is 7.05 Å². The number of hydrogen-bond acceptors (Lipinski definition) is 6. The first-order valence-electron chi connectivity index (χ1n) is 11.7. The van der Waals surface area contributed by atoms with Gasteiger partial charge in [0.1, 0.15) is 0 Å². The van der Waals surface area contributed by atoms with Gasteiger partial charge in [-0.3, -0.25) is 14.3 Å². The maximum absolute atomic E-state index is 13.5. The summed E-state index contributed by atoms with van der Waals surface area (Å²) in [6.07, 6.45) is 0. The number of benzene rings is 2. The van der Waals surface area contributed by atoms with E-state index in [-0.39, 0.29) is 24.5 Å². The smallest absolute Gasteiger partial charge is 0.256 e. The normalized spacial score (nSPS) is 12.2. The van der Waals surface area contributed by atoms with Crippen LogP contribution in [0.15, 0.2) is 48.5 Å². The Hall–Kier alpha value is -4.40. The SMILES string of the molecule is Cc1nn(C)c2nc(C(C)C)cc(C(=O)Nc3ccccc3C(=O)NCc3ccc4c(c3)OCO4)c12. The fourth-order valence-electron chi connectivity index (χ4n) is 4.25. The zero-order valence-electron chi connectivity index (χ0n) is 20.6. The minimum Gasteiger partial charge on any atom is -0.454 e. The van der Waals surface area contributed by atoms with Crippen LogP contribution in [0.1, 0.15) is 57.4 Å². The Morgan fingerprint density at radius 1 is 1.03 bits per heavy atom. The number of anilines is 1. The molecule has 9 heteroatoms. The van der Waals surface area contributed by atoms with Gasteiger partial charge in [0.05, 0.1) is 27.9 Å². The first-order valence-corrected chi connectivity index (χ1v) is 11.7. The molecule has 3 heterocycles. The van der Waals surface area contributed by atoms with Crippen molar-refractivity contribution in [1.82, 2.24) is 20.1 Å². The third kappa shape index (κ3) is 4.35. The zero-order chi connectivity index (χ0) is 25.4. The summed E-state index contributed by atoms with van der Waals surface area (Å²) in [4.78, 5) is 31.3. The zero-order valence-corrected chi connectivity index (χ0v) is 20.6. The number of nitrogens with zero attached hydrogens (tertiary/aromatic N) is 3. The van der Waals surface area contributed by atoms with Gasteiger partial charge >= 0.3 is 0 Å². The summed E-state index contributed by atoms with van der Waals surface area (Å²) in [6, 6.07) is 14.3. The van der Waals surface area contributed by atoms with Gasteiger partial charge in [-0.1, -0.05) is 32.0 Å². The number of pyridine rings is 1. The number of rotatable bonds is 6. The molecule has 2 amide bonds. The number of para-hydroxylation sites is 1. The fraction of sp³-hybridized carbons (Fsp3) is 0.259. The summed E-state index contributed by atoms with van der Waals surface area (Å²) in [7, 11) is 1.81. The molecule has 2 N–H and O–H groups in total. The third-order valence-corrected chi connectivity index (χ3v) is 6.13. The minimum atomic E-state index is -0.323. The third-order valence-electron chi connectivity index (χ3n) is 6.13. The summed E-state index contributed by atoms with van der Waals surface area (Å²) in [5.41, 5.74) is 4.30. The van der Waals surface area contributed by atoms with E-state index in [4.69, 9.17) is 14.5 Å². The van der Waals surface area contributed by atoms with Crippen molar-refractivity contribution >= 4 is 28.5 Å². The van der Waals surface area contributed by atoms with Gasteiger partial charge in [0.2, 0.25) is 6.79 Å². The number of hydrogen-bond donors (Lipinski definition) is 2. The van der Waals surface area contributed by atoms with Crippen LogP contribution >= 0.6 is 0 Å². The maximum atomic E-state index is 13.5. The van der Waals surface area contributed by atoms with Crippen molar-refractivity contribution in [1.29, 1.82) is 0 Å². The van der Waals surface area contributed by atoms with E-state index in [9.17, 15) is 9.59 Å². The largest absolute Gasteiger partial charge is 0.454 e. The highest BCUT2D eigenvalue weighted by Crippen LogP contribution is 2.32. The number of nitrogens with one attached hydrogen (secondary N) is 2. The van der Waals surface area contributed by atoms with Crippen LogP contribution in [0.3, 0.4) is 0 Å². The molecule has 36 heavy (non-hydrogen) atoms. The number of aryl methyl sites for hydroxylation is 2. The van der Waals surface area contributed by atoms with E-state index in [1.54, 1.807) is 35.0 Å². The quantitative estimate of drug-likeness (QED) is 0.421. The monoisotopic (exact) mass is 485 g/mol. The summed E-state index contributed by atoms with van der Waals surface area (Å²) in [5.74, 6) is 0.850. The summed E-state index contributed by atoms with van der Waals surface area (Å²) < 4.78 is 12.4. The van der Waals surface area contributed by atoms with E-state index in [0.717, 1.165) is 17.0 Å². The second-order valence-electron chi connectivity index (χ2n) is 9.03. The van der Waals surface area contributed by atoms with Crippen LogP contribution in [0.2, 0.25) is 0 Å². The molecule has 2 aromatic heterocycles. The van der Waals surface area contributed by atoms with E-state index in [0.29, 0.717) is 45.9 Å². The number of aromatic nitrogens is 3. The standard InChI is InChI=1S/C27H27N5O4/c1-15(2)21-12-19(24-16(3)31-32(4)25(24)29-21)27(34)30-20-8-6-5-7-18(20)26(33)28-13-17-9-10-22-23(11-17)36-14-35-22/h5-12,15H,13-14H2,1-4H3,(H,28,33)(H,30,34). The summed E-state index contributed by atoms with van der Waals surface area (Å²) in [5, 5.41) is 11.0. The lowest BCUT2D eigenvalue weighted by Crippen LogP contribution is -2.25. The first-order chi connectivity index (χ1) is 17.3. The molecule has 1 aliphatic rings. The highest BCUT2D eigenvalue weighted by Gasteiger charge is 2.21. The molecule has 0 saturated carbocycles. The average molecular weight is 486 g/mol. The molecule has 184 valence electrons. The second-order valence-corrected chi connectivity index (χ2v) is 9.03. The van der Waals surface area contributed by atoms with Crippen molar-refractivity contribution in [3.05, 3.63) is 76.6 Å². The Kier molecular flexibility index (Phi) is 6.05. The Labute approximate surface area is 208 Å². The molecular formula is C27H27N5O4. The Balaban J connectivity index is 1.39.